The van der Waals surface area contributed by atoms with E-state index in [4.69, 9.17) is 16.0 Å². The highest BCUT2D eigenvalue weighted by atomic mass is 35.5. The molecule has 0 aliphatic rings. The fraction of sp³-hybridized carbons (Fsp3) is 0.111. The van der Waals surface area contributed by atoms with Crippen LogP contribution in [-0.4, -0.2) is 26.8 Å². The first kappa shape index (κ1) is 18.0. The Morgan fingerprint density at radius 1 is 1.22 bits per heavy atom. The zero-order valence-corrected chi connectivity index (χ0v) is 16.5. The van der Waals surface area contributed by atoms with E-state index in [1.54, 1.807) is 24.3 Å². The molecule has 2 aromatic heterocycles. The molecule has 2 aromatic carbocycles. The van der Waals surface area contributed by atoms with Gasteiger partial charge in [-0.1, -0.05) is 46.8 Å². The van der Waals surface area contributed by atoms with Crippen molar-refractivity contribution in [2.75, 3.05) is 11.1 Å². The lowest BCUT2D eigenvalue weighted by Crippen LogP contribution is -2.13. The first-order chi connectivity index (χ1) is 13.1. The molecular formula is C18H13ClN4O2S2. The normalized spacial score (nSPS) is 11.0. The molecular weight excluding hydrogens is 404 g/mol. The van der Waals surface area contributed by atoms with Crippen LogP contribution in [0.25, 0.3) is 21.7 Å². The van der Waals surface area contributed by atoms with Gasteiger partial charge in [0, 0.05) is 10.6 Å². The second-order valence-corrected chi connectivity index (χ2v) is 8.05. The van der Waals surface area contributed by atoms with Gasteiger partial charge in [-0.25, -0.2) is 4.98 Å². The van der Waals surface area contributed by atoms with E-state index in [0.717, 1.165) is 21.3 Å². The van der Waals surface area contributed by atoms with Crippen molar-refractivity contribution in [3.05, 3.63) is 53.1 Å². The summed E-state index contributed by atoms with van der Waals surface area (Å²) in [5.41, 5.74) is 2.77. The largest absolute Gasteiger partial charge is 0.411 e. The third kappa shape index (κ3) is 4.13. The molecule has 0 spiro atoms. The highest BCUT2D eigenvalue weighted by Crippen LogP contribution is 2.28. The van der Waals surface area contributed by atoms with Crippen molar-refractivity contribution in [3.8, 4) is 11.5 Å². The second-order valence-electron chi connectivity index (χ2n) is 5.66. The van der Waals surface area contributed by atoms with Crippen LogP contribution < -0.4 is 5.32 Å². The van der Waals surface area contributed by atoms with Gasteiger partial charge in [0.2, 0.25) is 11.8 Å². The molecule has 0 fully saturated rings. The smallest absolute Gasteiger partial charge is 0.277 e. The fourth-order valence-electron chi connectivity index (χ4n) is 2.40. The molecule has 1 amide bonds. The maximum absolute atomic E-state index is 12.2. The maximum atomic E-state index is 12.2. The molecule has 136 valence electrons. The van der Waals surface area contributed by atoms with Crippen LogP contribution in [0, 0.1) is 6.92 Å². The minimum atomic E-state index is -0.178. The van der Waals surface area contributed by atoms with Gasteiger partial charge in [-0.05, 0) is 42.8 Å². The molecule has 0 bridgehead atoms. The number of thiazole rings is 1. The number of para-hydroxylation sites is 1. The van der Waals surface area contributed by atoms with Gasteiger partial charge < -0.3 is 9.73 Å². The van der Waals surface area contributed by atoms with Gasteiger partial charge in [0.05, 0.1) is 16.0 Å². The Morgan fingerprint density at radius 3 is 2.81 bits per heavy atom. The van der Waals surface area contributed by atoms with Crippen LogP contribution in [-0.2, 0) is 4.79 Å². The van der Waals surface area contributed by atoms with Crippen molar-refractivity contribution < 1.29 is 9.21 Å². The van der Waals surface area contributed by atoms with E-state index in [0.29, 0.717) is 21.3 Å². The van der Waals surface area contributed by atoms with E-state index in [-0.39, 0.29) is 11.7 Å². The summed E-state index contributed by atoms with van der Waals surface area (Å²) < 4.78 is 6.62. The van der Waals surface area contributed by atoms with Crippen LogP contribution in [0.3, 0.4) is 0 Å². The molecule has 9 heteroatoms. The zero-order valence-electron chi connectivity index (χ0n) is 14.1. The number of carbonyl (C=O) groups is 1. The number of nitrogens with zero attached hydrogens (tertiary/aromatic N) is 3. The summed E-state index contributed by atoms with van der Waals surface area (Å²) in [6.07, 6.45) is 0. The summed E-state index contributed by atoms with van der Waals surface area (Å²) in [5, 5.41) is 12.3. The summed E-state index contributed by atoms with van der Waals surface area (Å²) in [6.45, 7) is 2.00. The first-order valence-corrected chi connectivity index (χ1v) is 10.1. The molecule has 2 heterocycles. The SMILES string of the molecule is Cc1cccc2sc(NC(=O)CSc3nnc(-c4ccc(Cl)cc4)o3)nc12. The standard InChI is InChI=1S/C18H13ClN4O2S2/c1-10-3-2-4-13-15(10)21-17(27-13)20-14(24)9-26-18-23-22-16(25-18)11-5-7-12(19)8-6-11/h2-8H,9H2,1H3,(H,20,21,24). The minimum absolute atomic E-state index is 0.150. The number of nitrogens with one attached hydrogen (secondary N) is 1. The lowest BCUT2D eigenvalue weighted by atomic mass is 10.2. The van der Waals surface area contributed by atoms with E-state index >= 15 is 0 Å². The number of fused-ring (bicyclic) bond motifs is 1. The predicted molar refractivity (Wildman–Crippen MR) is 108 cm³/mol. The number of aryl methyl sites for hydroxylation is 1. The van der Waals surface area contributed by atoms with Gasteiger partial charge in [0.25, 0.3) is 5.22 Å². The third-order valence-electron chi connectivity index (χ3n) is 3.69. The van der Waals surface area contributed by atoms with E-state index in [9.17, 15) is 4.79 Å². The number of hydrogen-bond acceptors (Lipinski definition) is 7. The van der Waals surface area contributed by atoms with Crippen molar-refractivity contribution in [2.45, 2.75) is 12.1 Å². The predicted octanol–water partition coefficient (Wildman–Crippen LogP) is 5.04. The molecule has 0 atom stereocenters. The first-order valence-electron chi connectivity index (χ1n) is 7.97. The Balaban J connectivity index is 1.37. The Hall–Kier alpha value is -2.42. The topological polar surface area (TPSA) is 80.9 Å². The third-order valence-corrected chi connectivity index (χ3v) is 5.70. The maximum Gasteiger partial charge on any atom is 0.277 e. The van der Waals surface area contributed by atoms with Gasteiger partial charge in [-0.2, -0.15) is 0 Å². The molecule has 0 aliphatic carbocycles. The molecule has 4 aromatic rings. The molecule has 0 aliphatic heterocycles. The molecule has 0 saturated heterocycles. The van der Waals surface area contributed by atoms with Gasteiger partial charge in [-0.3, -0.25) is 4.79 Å². The highest BCUT2D eigenvalue weighted by molar-refractivity contribution is 7.99. The van der Waals surface area contributed by atoms with Crippen LogP contribution in [0.4, 0.5) is 5.13 Å². The molecule has 6 nitrogen and oxygen atoms in total. The molecule has 4 rings (SSSR count). The average molecular weight is 417 g/mol. The lowest BCUT2D eigenvalue weighted by molar-refractivity contribution is -0.113. The summed E-state index contributed by atoms with van der Waals surface area (Å²) in [6, 6.07) is 13.1. The van der Waals surface area contributed by atoms with Crippen LogP contribution in [0.15, 0.2) is 52.1 Å². The minimum Gasteiger partial charge on any atom is -0.411 e. The van der Waals surface area contributed by atoms with Crippen molar-refractivity contribution in [2.24, 2.45) is 0 Å². The summed E-state index contributed by atoms with van der Waals surface area (Å²) in [5.74, 6) is 0.358. The number of anilines is 1. The van der Waals surface area contributed by atoms with Crippen molar-refractivity contribution in [1.29, 1.82) is 0 Å². The van der Waals surface area contributed by atoms with Gasteiger partial charge in [-0.15, -0.1) is 10.2 Å². The molecule has 0 saturated carbocycles. The quantitative estimate of drug-likeness (QED) is 0.459. The van der Waals surface area contributed by atoms with Crippen molar-refractivity contribution in [1.82, 2.24) is 15.2 Å². The van der Waals surface area contributed by atoms with E-state index in [2.05, 4.69) is 20.5 Å². The number of halogens is 1. The highest BCUT2D eigenvalue weighted by Gasteiger charge is 2.13. The van der Waals surface area contributed by atoms with Crippen LogP contribution in [0.5, 0.6) is 0 Å². The monoisotopic (exact) mass is 416 g/mol. The zero-order chi connectivity index (χ0) is 18.8. The van der Waals surface area contributed by atoms with Crippen LogP contribution in [0.1, 0.15) is 5.56 Å². The van der Waals surface area contributed by atoms with Crippen LogP contribution >= 0.6 is 34.7 Å². The summed E-state index contributed by atoms with van der Waals surface area (Å²) in [4.78, 5) is 16.7. The molecule has 0 radical (unpaired) electrons. The average Bonchev–Trinajstić information content (AvgIpc) is 3.28. The molecule has 1 N–H and O–H groups in total. The summed E-state index contributed by atoms with van der Waals surface area (Å²) in [7, 11) is 0. The number of benzene rings is 2. The van der Waals surface area contributed by atoms with E-state index in [1.165, 1.54) is 23.1 Å². The van der Waals surface area contributed by atoms with E-state index < -0.39 is 0 Å². The van der Waals surface area contributed by atoms with Gasteiger partial charge in [0.1, 0.15) is 0 Å². The van der Waals surface area contributed by atoms with E-state index in [1.807, 2.05) is 25.1 Å². The van der Waals surface area contributed by atoms with Gasteiger partial charge >= 0.3 is 0 Å². The molecule has 0 unspecified atom stereocenters. The number of rotatable bonds is 5. The number of hydrogen-bond donors (Lipinski definition) is 1. The Morgan fingerprint density at radius 2 is 2.04 bits per heavy atom. The Bertz CT molecular complexity index is 1110. The van der Waals surface area contributed by atoms with Crippen molar-refractivity contribution >= 4 is 56.0 Å². The number of thioether (sulfide) groups is 1. The Labute approximate surface area is 168 Å². The number of amides is 1. The lowest BCUT2D eigenvalue weighted by Gasteiger charge is -1.98. The molecule has 27 heavy (non-hydrogen) atoms. The fourth-order valence-corrected chi connectivity index (χ4v) is 4.05. The number of carbonyl (C=O) groups excluding carboxylic acids is 1. The second kappa shape index (κ2) is 7.67. The number of aromatic nitrogens is 3. The van der Waals surface area contributed by atoms with Gasteiger partial charge in [0.15, 0.2) is 5.13 Å². The van der Waals surface area contributed by atoms with Crippen molar-refractivity contribution in [3.63, 3.8) is 0 Å². The Kier molecular flexibility index (Phi) is 5.11. The summed E-state index contributed by atoms with van der Waals surface area (Å²) >= 11 is 8.49. The van der Waals surface area contributed by atoms with Crippen LogP contribution in [0.2, 0.25) is 5.02 Å².